The summed E-state index contributed by atoms with van der Waals surface area (Å²) in [6.07, 6.45) is -3.29. The number of thiocarbonyl (C=S) groups is 1. The largest absolute Gasteiger partial charge is 0.394 e. The van der Waals surface area contributed by atoms with Gasteiger partial charge >= 0.3 is 0 Å². The molecule has 1 aliphatic rings. The van der Waals surface area contributed by atoms with Crippen molar-refractivity contribution in [3.05, 3.63) is 0 Å². The maximum absolute atomic E-state index is 9.93. The van der Waals surface area contributed by atoms with Crippen molar-refractivity contribution in [1.82, 2.24) is 5.32 Å². The van der Waals surface area contributed by atoms with Crippen molar-refractivity contribution >= 4 is 23.7 Å². The van der Waals surface area contributed by atoms with E-state index in [1.54, 1.807) is 0 Å². The lowest BCUT2D eigenvalue weighted by Crippen LogP contribution is -2.64. The molecule has 0 aromatic heterocycles. The molecule has 0 radical (unpaired) electrons. The molecular weight excluding hydrogens is 262 g/mol. The molecule has 18 heavy (non-hydrogen) atoms. The van der Waals surface area contributed by atoms with E-state index in [4.69, 9.17) is 32.5 Å². The Bertz CT molecular complexity index is 315. The van der Waals surface area contributed by atoms with Gasteiger partial charge in [-0.15, -0.1) is 0 Å². The average molecular weight is 279 g/mol. The first kappa shape index (κ1) is 15.2. The molecule has 0 bridgehead atoms. The van der Waals surface area contributed by atoms with E-state index in [1.165, 1.54) is 7.11 Å². The molecule has 0 amide bonds. The lowest BCUT2D eigenvalue weighted by molar-refractivity contribution is -0.260. The molecule has 5 atom stereocenters. The smallest absolute Gasteiger partial charge is 0.194 e. The second-order valence-electron chi connectivity index (χ2n) is 3.70. The van der Waals surface area contributed by atoms with Crippen LogP contribution in [-0.4, -0.2) is 71.1 Å². The zero-order valence-corrected chi connectivity index (χ0v) is 10.6. The normalized spacial score (nSPS) is 36.8. The van der Waals surface area contributed by atoms with Crippen LogP contribution in [0.4, 0.5) is 0 Å². The average Bonchev–Trinajstić information content (AvgIpc) is 2.36. The van der Waals surface area contributed by atoms with E-state index in [2.05, 4.69) is 10.3 Å². The summed E-state index contributed by atoms with van der Waals surface area (Å²) in [6.45, 7) is -0.434. The van der Waals surface area contributed by atoms with Gasteiger partial charge in [0.05, 0.1) is 12.9 Å². The SMILES string of the molecule is CO[C@@H]1O[C@H](CO)[C@H](O)[C@H](O)[C@H]1NC(=S)/N=C\N. The van der Waals surface area contributed by atoms with Crippen molar-refractivity contribution in [1.29, 1.82) is 0 Å². The van der Waals surface area contributed by atoms with Crippen LogP contribution in [0.5, 0.6) is 0 Å². The molecule has 1 fully saturated rings. The molecular formula is C9H17N3O5S. The summed E-state index contributed by atoms with van der Waals surface area (Å²) in [5.74, 6) is 0. The first-order valence-corrected chi connectivity index (χ1v) is 5.66. The number of aliphatic hydroxyl groups excluding tert-OH is 3. The number of hydrogen-bond donors (Lipinski definition) is 5. The number of methoxy groups -OCH3 is 1. The Balaban J connectivity index is 2.77. The summed E-state index contributed by atoms with van der Waals surface area (Å²) < 4.78 is 10.3. The van der Waals surface area contributed by atoms with Gasteiger partial charge in [0.2, 0.25) is 0 Å². The molecule has 0 unspecified atom stereocenters. The lowest BCUT2D eigenvalue weighted by atomic mass is 9.97. The molecule has 0 saturated carbocycles. The molecule has 6 N–H and O–H groups in total. The number of nitrogens with zero attached hydrogens (tertiary/aromatic N) is 1. The molecule has 1 heterocycles. The zero-order valence-electron chi connectivity index (χ0n) is 9.76. The third kappa shape index (κ3) is 3.34. The van der Waals surface area contributed by atoms with Crippen molar-refractivity contribution in [2.45, 2.75) is 30.6 Å². The van der Waals surface area contributed by atoms with Crippen molar-refractivity contribution in [2.24, 2.45) is 10.7 Å². The molecule has 1 rings (SSSR count). The van der Waals surface area contributed by atoms with E-state index in [9.17, 15) is 10.2 Å². The van der Waals surface area contributed by atoms with Crippen LogP contribution in [0.1, 0.15) is 0 Å². The number of nitrogens with two attached hydrogens (primary N) is 1. The van der Waals surface area contributed by atoms with Crippen molar-refractivity contribution in [3.63, 3.8) is 0 Å². The van der Waals surface area contributed by atoms with E-state index in [0.29, 0.717) is 0 Å². The minimum atomic E-state index is -1.26. The second kappa shape index (κ2) is 6.92. The Morgan fingerprint density at radius 3 is 2.72 bits per heavy atom. The number of aliphatic imine (C=N–C) groups is 1. The summed E-state index contributed by atoms with van der Waals surface area (Å²) in [4.78, 5) is 3.61. The van der Waals surface area contributed by atoms with Gasteiger partial charge in [-0.25, -0.2) is 4.99 Å². The Kier molecular flexibility index (Phi) is 5.85. The first-order valence-electron chi connectivity index (χ1n) is 5.25. The number of ether oxygens (including phenoxy) is 2. The van der Waals surface area contributed by atoms with E-state index in [1.807, 2.05) is 0 Å². The highest BCUT2D eigenvalue weighted by atomic mass is 32.1. The molecule has 104 valence electrons. The molecule has 0 aliphatic carbocycles. The summed E-state index contributed by atoms with van der Waals surface area (Å²) >= 11 is 4.84. The highest BCUT2D eigenvalue weighted by Gasteiger charge is 2.44. The van der Waals surface area contributed by atoms with Crippen molar-refractivity contribution < 1.29 is 24.8 Å². The zero-order chi connectivity index (χ0) is 13.7. The Morgan fingerprint density at radius 2 is 2.22 bits per heavy atom. The maximum Gasteiger partial charge on any atom is 0.194 e. The molecule has 0 aromatic carbocycles. The van der Waals surface area contributed by atoms with Crippen molar-refractivity contribution in [2.75, 3.05) is 13.7 Å². The van der Waals surface area contributed by atoms with Gasteiger partial charge in [0.25, 0.3) is 0 Å². The van der Waals surface area contributed by atoms with Gasteiger partial charge in [-0.2, -0.15) is 0 Å². The van der Waals surface area contributed by atoms with Crippen LogP contribution in [0.3, 0.4) is 0 Å². The van der Waals surface area contributed by atoms with E-state index in [-0.39, 0.29) is 5.11 Å². The van der Waals surface area contributed by atoms with Gasteiger partial charge in [0.1, 0.15) is 24.4 Å². The molecule has 1 saturated heterocycles. The number of hydrogen-bond acceptors (Lipinski definition) is 6. The quantitative estimate of drug-likeness (QED) is 0.214. The number of nitrogens with one attached hydrogen (secondary N) is 1. The van der Waals surface area contributed by atoms with Gasteiger partial charge < -0.3 is 35.8 Å². The van der Waals surface area contributed by atoms with Crippen LogP contribution < -0.4 is 11.1 Å². The first-order chi connectivity index (χ1) is 8.54. The van der Waals surface area contributed by atoms with Crippen molar-refractivity contribution in [3.8, 4) is 0 Å². The summed E-state index contributed by atoms with van der Waals surface area (Å²) in [7, 11) is 1.37. The molecule has 0 aromatic rings. The molecule has 0 spiro atoms. The predicted molar refractivity (Wildman–Crippen MR) is 67.0 cm³/mol. The van der Waals surface area contributed by atoms with Gasteiger partial charge in [0.15, 0.2) is 11.4 Å². The fourth-order valence-electron chi connectivity index (χ4n) is 1.68. The molecule has 9 heteroatoms. The summed E-state index contributed by atoms with van der Waals surface area (Å²) in [5, 5.41) is 31.4. The fourth-order valence-corrected chi connectivity index (χ4v) is 1.88. The monoisotopic (exact) mass is 279 g/mol. The van der Waals surface area contributed by atoms with Gasteiger partial charge in [0, 0.05) is 7.11 Å². The van der Waals surface area contributed by atoms with Crippen LogP contribution in [0.25, 0.3) is 0 Å². The Hall–Kier alpha value is -0.840. The standard InChI is InChI=1S/C9H17N3O5S/c1-16-8-5(12-9(18)11-3-10)7(15)6(14)4(2-13)17-8/h3-8,13-15H,2H2,1H3,(H3,10,11,12,18)/t4-,5-,6+,7-,8-/m1/s1. The number of rotatable bonds is 3. The fraction of sp³-hybridized carbons (Fsp3) is 0.778. The Morgan fingerprint density at radius 1 is 1.56 bits per heavy atom. The lowest BCUT2D eigenvalue weighted by Gasteiger charge is -2.41. The predicted octanol–water partition coefficient (Wildman–Crippen LogP) is -2.70. The molecule has 8 nitrogen and oxygen atoms in total. The highest BCUT2D eigenvalue weighted by Crippen LogP contribution is 2.21. The number of aliphatic hydroxyl groups is 3. The van der Waals surface area contributed by atoms with Gasteiger partial charge in [-0.3, -0.25) is 0 Å². The second-order valence-corrected chi connectivity index (χ2v) is 4.08. The molecule has 1 aliphatic heterocycles. The van der Waals surface area contributed by atoms with Gasteiger partial charge in [-0.1, -0.05) is 0 Å². The van der Waals surface area contributed by atoms with Crippen LogP contribution >= 0.6 is 12.2 Å². The van der Waals surface area contributed by atoms with E-state index < -0.39 is 37.3 Å². The van der Waals surface area contributed by atoms with Gasteiger partial charge in [-0.05, 0) is 12.2 Å². The van der Waals surface area contributed by atoms with E-state index in [0.717, 1.165) is 6.34 Å². The van der Waals surface area contributed by atoms with Crippen LogP contribution in [-0.2, 0) is 9.47 Å². The van der Waals surface area contributed by atoms with E-state index >= 15 is 0 Å². The summed E-state index contributed by atoms with van der Waals surface area (Å²) in [5.41, 5.74) is 5.08. The van der Waals surface area contributed by atoms with Crippen LogP contribution in [0.2, 0.25) is 0 Å². The topological polar surface area (TPSA) is 130 Å². The summed E-state index contributed by atoms with van der Waals surface area (Å²) in [6, 6.07) is -0.816. The highest BCUT2D eigenvalue weighted by molar-refractivity contribution is 7.80. The minimum absolute atomic E-state index is 0.0295. The van der Waals surface area contributed by atoms with Crippen LogP contribution in [0, 0.1) is 0 Å². The third-order valence-electron chi connectivity index (χ3n) is 2.60. The minimum Gasteiger partial charge on any atom is -0.394 e. The van der Waals surface area contributed by atoms with Crippen LogP contribution in [0.15, 0.2) is 4.99 Å². The third-order valence-corrected chi connectivity index (χ3v) is 2.82. The Labute approximate surface area is 109 Å². The maximum atomic E-state index is 9.93.